The Hall–Kier alpha value is -1.38. The molecule has 1 aromatic carbocycles. The van der Waals surface area contributed by atoms with Crippen LogP contribution in [-0.2, 0) is 0 Å². The Balaban J connectivity index is 2.01. The van der Waals surface area contributed by atoms with Gasteiger partial charge in [0.25, 0.3) is 0 Å². The minimum Gasteiger partial charge on any atom is -0.494 e. The van der Waals surface area contributed by atoms with E-state index in [1.165, 1.54) is 19.3 Å². The minimum absolute atomic E-state index is 0.329. The smallest absolute Gasteiger partial charge is 0.125 e. The van der Waals surface area contributed by atoms with E-state index in [9.17, 15) is 0 Å². The fraction of sp³-hybridized carbons (Fsp3) is 0.625. The van der Waals surface area contributed by atoms with Crippen LogP contribution in [0.4, 0.5) is 5.69 Å². The second kappa shape index (κ2) is 6.69. The Morgan fingerprint density at radius 3 is 2.68 bits per heavy atom. The molecule has 3 heteroatoms. The fourth-order valence-electron chi connectivity index (χ4n) is 2.82. The van der Waals surface area contributed by atoms with Gasteiger partial charge in [0, 0.05) is 23.9 Å². The third kappa shape index (κ3) is 4.05. The van der Waals surface area contributed by atoms with E-state index in [-0.39, 0.29) is 0 Å². The number of hydrogen-bond acceptors (Lipinski definition) is 3. The first kappa shape index (κ1) is 14.0. The molecular weight excluding hydrogens is 238 g/mol. The number of hydrogen-bond donors (Lipinski definition) is 1. The first-order chi connectivity index (χ1) is 9.21. The second-order valence-corrected chi connectivity index (χ2v) is 5.35. The lowest BCUT2D eigenvalue weighted by Gasteiger charge is -2.29. The molecule has 0 spiro atoms. The highest BCUT2D eigenvalue weighted by atomic mass is 16.5. The maximum Gasteiger partial charge on any atom is 0.125 e. The summed E-state index contributed by atoms with van der Waals surface area (Å²) in [7, 11) is 0. The Morgan fingerprint density at radius 1 is 1.16 bits per heavy atom. The molecule has 3 nitrogen and oxygen atoms in total. The Kier molecular flexibility index (Phi) is 4.94. The molecule has 106 valence electrons. The van der Waals surface area contributed by atoms with Crippen molar-refractivity contribution in [3.8, 4) is 11.5 Å². The highest BCUT2D eigenvalue weighted by Gasteiger charge is 2.22. The predicted octanol–water partition coefficient (Wildman–Crippen LogP) is 4.02. The Morgan fingerprint density at radius 2 is 1.95 bits per heavy atom. The van der Waals surface area contributed by atoms with Crippen LogP contribution in [0.2, 0.25) is 0 Å². The van der Waals surface area contributed by atoms with Crippen molar-refractivity contribution in [1.29, 1.82) is 0 Å². The molecule has 0 aromatic heterocycles. The molecule has 2 rings (SSSR count). The molecule has 19 heavy (non-hydrogen) atoms. The summed E-state index contributed by atoms with van der Waals surface area (Å²) in [5, 5.41) is 0. The van der Waals surface area contributed by atoms with E-state index in [0.29, 0.717) is 18.4 Å². The van der Waals surface area contributed by atoms with Crippen LogP contribution in [0.3, 0.4) is 0 Å². The lowest BCUT2D eigenvalue weighted by atomic mass is 9.85. The van der Waals surface area contributed by atoms with Crippen molar-refractivity contribution in [2.75, 3.05) is 12.3 Å². The summed E-state index contributed by atoms with van der Waals surface area (Å²) >= 11 is 0. The van der Waals surface area contributed by atoms with E-state index >= 15 is 0 Å². The second-order valence-electron chi connectivity index (χ2n) is 5.35. The molecule has 1 aromatic rings. The summed E-state index contributed by atoms with van der Waals surface area (Å²) < 4.78 is 11.6. The molecule has 2 unspecified atom stereocenters. The molecule has 0 aliphatic heterocycles. The molecule has 0 radical (unpaired) electrons. The molecule has 0 heterocycles. The summed E-state index contributed by atoms with van der Waals surface area (Å²) in [6.07, 6.45) is 6.50. The van der Waals surface area contributed by atoms with Crippen LogP contribution < -0.4 is 15.2 Å². The van der Waals surface area contributed by atoms with Gasteiger partial charge in [-0.05, 0) is 32.1 Å². The zero-order chi connectivity index (χ0) is 13.7. The van der Waals surface area contributed by atoms with Gasteiger partial charge < -0.3 is 15.2 Å². The summed E-state index contributed by atoms with van der Waals surface area (Å²) in [5.41, 5.74) is 6.59. The van der Waals surface area contributed by atoms with Gasteiger partial charge in [-0.2, -0.15) is 0 Å². The summed E-state index contributed by atoms with van der Waals surface area (Å²) in [4.78, 5) is 0. The largest absolute Gasteiger partial charge is 0.494 e. The summed E-state index contributed by atoms with van der Waals surface area (Å²) in [5.74, 6) is 2.44. The van der Waals surface area contributed by atoms with Crippen LogP contribution in [0.25, 0.3) is 0 Å². The topological polar surface area (TPSA) is 44.5 Å². The number of nitrogens with two attached hydrogens (primary N) is 1. The number of rotatable bonds is 5. The van der Waals surface area contributed by atoms with Crippen LogP contribution in [0.1, 0.15) is 46.0 Å². The maximum absolute atomic E-state index is 6.10. The van der Waals surface area contributed by atoms with Gasteiger partial charge >= 0.3 is 0 Å². The van der Waals surface area contributed by atoms with Gasteiger partial charge in [0.15, 0.2) is 0 Å². The fourth-order valence-corrected chi connectivity index (χ4v) is 2.82. The molecular formula is C16H25NO2. The van der Waals surface area contributed by atoms with E-state index in [4.69, 9.17) is 15.2 Å². The van der Waals surface area contributed by atoms with Gasteiger partial charge in [-0.15, -0.1) is 0 Å². The van der Waals surface area contributed by atoms with Crippen LogP contribution in [-0.4, -0.2) is 12.7 Å². The zero-order valence-corrected chi connectivity index (χ0v) is 12.0. The lowest BCUT2D eigenvalue weighted by Crippen LogP contribution is -2.25. The van der Waals surface area contributed by atoms with Gasteiger partial charge in [0.1, 0.15) is 11.5 Å². The van der Waals surface area contributed by atoms with E-state index in [0.717, 1.165) is 30.3 Å². The molecule has 0 bridgehead atoms. The summed E-state index contributed by atoms with van der Waals surface area (Å²) in [6, 6.07) is 5.67. The molecule has 1 fully saturated rings. The molecule has 1 aliphatic carbocycles. The van der Waals surface area contributed by atoms with Crippen LogP contribution in [0.15, 0.2) is 18.2 Å². The number of nitrogen functional groups attached to an aromatic ring is 1. The van der Waals surface area contributed by atoms with Gasteiger partial charge in [-0.3, -0.25) is 0 Å². The van der Waals surface area contributed by atoms with Crippen molar-refractivity contribution < 1.29 is 9.47 Å². The Bertz CT molecular complexity index is 406. The zero-order valence-electron chi connectivity index (χ0n) is 12.0. The van der Waals surface area contributed by atoms with E-state index in [1.807, 2.05) is 25.1 Å². The SMILES string of the molecule is CCOc1cc(N)cc(OC2CCCC(CC)C2)c1. The standard InChI is InChI=1S/C16H25NO2/c1-3-12-6-5-7-14(8-12)19-16-10-13(17)9-15(11-16)18-4-2/h9-12,14H,3-8,17H2,1-2H3. The normalized spacial score (nSPS) is 23.1. The predicted molar refractivity (Wildman–Crippen MR) is 78.7 cm³/mol. The maximum atomic E-state index is 6.10. The average molecular weight is 263 g/mol. The van der Waals surface area contributed by atoms with Crippen molar-refractivity contribution in [1.82, 2.24) is 0 Å². The quantitative estimate of drug-likeness (QED) is 0.816. The number of ether oxygens (including phenoxy) is 2. The third-order valence-electron chi connectivity index (χ3n) is 3.83. The van der Waals surface area contributed by atoms with Crippen molar-refractivity contribution in [3.63, 3.8) is 0 Å². The van der Waals surface area contributed by atoms with Gasteiger partial charge in [0.05, 0.1) is 12.7 Å². The average Bonchev–Trinajstić information content (AvgIpc) is 2.38. The van der Waals surface area contributed by atoms with Crippen LogP contribution in [0, 0.1) is 5.92 Å². The minimum atomic E-state index is 0.329. The van der Waals surface area contributed by atoms with Crippen molar-refractivity contribution in [3.05, 3.63) is 18.2 Å². The number of benzene rings is 1. The first-order valence-electron chi connectivity index (χ1n) is 7.41. The number of anilines is 1. The molecule has 1 aliphatic rings. The molecule has 0 amide bonds. The first-order valence-corrected chi connectivity index (χ1v) is 7.41. The third-order valence-corrected chi connectivity index (χ3v) is 3.83. The van der Waals surface area contributed by atoms with Crippen molar-refractivity contribution in [2.24, 2.45) is 5.92 Å². The summed E-state index contributed by atoms with van der Waals surface area (Å²) in [6.45, 7) is 4.88. The van der Waals surface area contributed by atoms with Crippen molar-refractivity contribution >= 4 is 5.69 Å². The van der Waals surface area contributed by atoms with Gasteiger partial charge in [-0.25, -0.2) is 0 Å². The van der Waals surface area contributed by atoms with Crippen LogP contribution >= 0.6 is 0 Å². The molecule has 2 N–H and O–H groups in total. The van der Waals surface area contributed by atoms with E-state index in [2.05, 4.69) is 6.92 Å². The van der Waals surface area contributed by atoms with E-state index in [1.54, 1.807) is 0 Å². The highest BCUT2D eigenvalue weighted by Crippen LogP contribution is 2.31. The lowest BCUT2D eigenvalue weighted by molar-refractivity contribution is 0.122. The molecule has 1 saturated carbocycles. The van der Waals surface area contributed by atoms with Crippen LogP contribution in [0.5, 0.6) is 11.5 Å². The Labute approximate surface area is 116 Å². The van der Waals surface area contributed by atoms with Gasteiger partial charge in [0.2, 0.25) is 0 Å². The monoisotopic (exact) mass is 263 g/mol. The van der Waals surface area contributed by atoms with Crippen molar-refractivity contribution in [2.45, 2.75) is 52.1 Å². The van der Waals surface area contributed by atoms with E-state index < -0.39 is 0 Å². The highest BCUT2D eigenvalue weighted by molar-refractivity contribution is 5.50. The molecule has 2 atom stereocenters. The van der Waals surface area contributed by atoms with Gasteiger partial charge in [-0.1, -0.05) is 19.8 Å². The molecule has 0 saturated heterocycles.